The number of halogens is 3. The molecule has 0 saturated carbocycles. The summed E-state index contributed by atoms with van der Waals surface area (Å²) in [5.74, 6) is -1.69. The molecule has 0 spiro atoms. The second-order valence-corrected chi connectivity index (χ2v) is 9.31. The summed E-state index contributed by atoms with van der Waals surface area (Å²) in [7, 11) is 0. The number of amides is 1. The number of carbonyl (C=O) groups is 1. The number of rotatable bonds is 6. The van der Waals surface area contributed by atoms with Crippen molar-refractivity contribution in [1.29, 1.82) is 0 Å². The van der Waals surface area contributed by atoms with Crippen LogP contribution in [0.1, 0.15) is 34.1 Å². The molecule has 5 rings (SSSR count). The number of alkyl halides is 1. The minimum Gasteiger partial charge on any atom is -0.505 e. The van der Waals surface area contributed by atoms with Crippen molar-refractivity contribution in [1.82, 2.24) is 19.9 Å². The fourth-order valence-corrected chi connectivity index (χ4v) is 5.05. The lowest BCUT2D eigenvalue weighted by atomic mass is 10.0. The monoisotopic (exact) mass is 513 g/mol. The zero-order chi connectivity index (χ0) is 25.4. The molecular weight excluding hydrogens is 491 g/mol. The number of hydrogen-bond donors (Lipinski definition) is 2. The highest BCUT2D eigenvalue weighted by Gasteiger charge is 2.36. The minimum atomic E-state index is -1.12. The summed E-state index contributed by atoms with van der Waals surface area (Å²) in [5, 5.41) is 16.8. The second-order valence-electron chi connectivity index (χ2n) is 8.46. The maximum atomic E-state index is 14.6. The molecule has 4 aromatic rings. The number of carbonyl (C=O) groups excluding carboxylic acids is 1. The molecular formula is C25H22F3N5O2S. The summed E-state index contributed by atoms with van der Waals surface area (Å²) in [6, 6.07) is 11.3. The molecule has 1 fully saturated rings. The van der Waals surface area contributed by atoms with E-state index in [0.717, 1.165) is 11.0 Å². The molecule has 3 heterocycles. The van der Waals surface area contributed by atoms with E-state index in [0.29, 0.717) is 22.6 Å². The van der Waals surface area contributed by atoms with Crippen molar-refractivity contribution in [3.05, 3.63) is 83.2 Å². The van der Waals surface area contributed by atoms with Gasteiger partial charge >= 0.3 is 0 Å². The average Bonchev–Trinajstić information content (AvgIpc) is 3.47. The molecule has 2 aromatic heterocycles. The molecule has 0 aliphatic carbocycles. The van der Waals surface area contributed by atoms with E-state index in [4.69, 9.17) is 0 Å². The van der Waals surface area contributed by atoms with Crippen molar-refractivity contribution in [2.75, 3.05) is 17.7 Å². The van der Waals surface area contributed by atoms with E-state index in [1.54, 1.807) is 23.1 Å². The third-order valence-corrected chi connectivity index (χ3v) is 6.95. The number of aromatic hydroxyl groups is 1. The topological polar surface area (TPSA) is 82.8 Å². The zero-order valence-corrected chi connectivity index (χ0v) is 20.0. The van der Waals surface area contributed by atoms with E-state index < -0.39 is 35.5 Å². The number of imidazole rings is 1. The molecule has 1 amide bonds. The van der Waals surface area contributed by atoms with E-state index in [1.807, 2.05) is 6.26 Å². The number of benzene rings is 2. The molecule has 0 unspecified atom stereocenters. The first kappa shape index (κ1) is 24.0. The van der Waals surface area contributed by atoms with Gasteiger partial charge in [-0.05, 0) is 59.8 Å². The molecule has 36 heavy (non-hydrogen) atoms. The number of anilines is 1. The van der Waals surface area contributed by atoms with Crippen LogP contribution in [0.4, 0.5) is 19.0 Å². The number of hydrogen-bond acceptors (Lipinski definition) is 6. The van der Waals surface area contributed by atoms with Gasteiger partial charge in [-0.2, -0.15) is 0 Å². The molecule has 2 N–H and O–H groups in total. The molecule has 1 saturated heterocycles. The number of thioether (sulfide) groups is 1. The maximum Gasteiger partial charge on any atom is 0.271 e. The average molecular weight is 514 g/mol. The third kappa shape index (κ3) is 4.58. The van der Waals surface area contributed by atoms with Gasteiger partial charge in [0.05, 0.1) is 18.8 Å². The highest BCUT2D eigenvalue weighted by molar-refractivity contribution is 7.98. The van der Waals surface area contributed by atoms with Crippen LogP contribution >= 0.6 is 11.8 Å². The Morgan fingerprint density at radius 1 is 1.19 bits per heavy atom. The lowest BCUT2D eigenvalue weighted by Gasteiger charge is -2.27. The summed E-state index contributed by atoms with van der Waals surface area (Å²) >= 11 is 1.46. The van der Waals surface area contributed by atoms with Crippen LogP contribution in [0.5, 0.6) is 5.75 Å². The van der Waals surface area contributed by atoms with Crippen LogP contribution in [0.15, 0.2) is 59.6 Å². The van der Waals surface area contributed by atoms with Crippen LogP contribution < -0.4 is 10.2 Å². The van der Waals surface area contributed by atoms with Gasteiger partial charge in [0.25, 0.3) is 5.91 Å². The summed E-state index contributed by atoms with van der Waals surface area (Å²) in [5.41, 5.74) is 1.78. The molecule has 2 atom stereocenters. The van der Waals surface area contributed by atoms with Crippen LogP contribution in [0.25, 0.3) is 5.65 Å². The van der Waals surface area contributed by atoms with Crippen LogP contribution in [-0.2, 0) is 6.54 Å². The van der Waals surface area contributed by atoms with Crippen molar-refractivity contribution in [3.8, 4) is 5.75 Å². The van der Waals surface area contributed by atoms with Crippen LogP contribution in [0.2, 0.25) is 0 Å². The van der Waals surface area contributed by atoms with E-state index in [1.165, 1.54) is 46.7 Å². The van der Waals surface area contributed by atoms with Crippen LogP contribution in [0, 0.1) is 11.6 Å². The van der Waals surface area contributed by atoms with Gasteiger partial charge in [-0.15, -0.1) is 16.9 Å². The Morgan fingerprint density at radius 3 is 2.81 bits per heavy atom. The molecule has 1 aliphatic heterocycles. The predicted octanol–water partition coefficient (Wildman–Crippen LogP) is 4.65. The third-order valence-electron chi connectivity index (χ3n) is 6.14. The fourth-order valence-electron chi connectivity index (χ4n) is 4.41. The molecule has 2 aromatic carbocycles. The van der Waals surface area contributed by atoms with Crippen molar-refractivity contribution in [3.63, 3.8) is 0 Å². The molecule has 1 aliphatic rings. The first-order valence-corrected chi connectivity index (χ1v) is 12.4. The first-order valence-electron chi connectivity index (χ1n) is 11.2. The second kappa shape index (κ2) is 9.73. The summed E-state index contributed by atoms with van der Waals surface area (Å²) in [6.45, 7) is 0.131. The Morgan fingerprint density at radius 2 is 2.03 bits per heavy atom. The SMILES string of the molecule is CSc1ccc(F)cc1[C@H]1C[C@H](F)CN1c1ccc2ncc(C(=O)NCc3ccc(F)c(O)c3)n2n1. The highest BCUT2D eigenvalue weighted by Crippen LogP contribution is 2.40. The fraction of sp³-hybridized carbons (Fsp3) is 0.240. The standard InChI is InChI=1S/C25H22F3N5O2S/c1-36-22-5-3-15(26)9-17(22)19-10-16(27)13-32(19)24-7-6-23-29-12-20(33(23)31-24)25(35)30-11-14-2-4-18(28)21(34)8-14/h2-9,12,16,19,34H,10-11,13H2,1H3,(H,30,35)/t16-,19+/m0/s1. The van der Waals surface area contributed by atoms with Gasteiger partial charge in [0.1, 0.15) is 17.8 Å². The summed E-state index contributed by atoms with van der Waals surface area (Å²) < 4.78 is 43.3. The first-order chi connectivity index (χ1) is 17.3. The largest absolute Gasteiger partial charge is 0.505 e. The van der Waals surface area contributed by atoms with Crippen LogP contribution in [-0.4, -0.2) is 44.6 Å². The lowest BCUT2D eigenvalue weighted by molar-refractivity contribution is 0.0944. The number of phenols is 1. The predicted molar refractivity (Wildman–Crippen MR) is 130 cm³/mol. The Bertz CT molecular complexity index is 1450. The van der Waals surface area contributed by atoms with E-state index in [-0.39, 0.29) is 25.2 Å². The van der Waals surface area contributed by atoms with Gasteiger partial charge in [-0.25, -0.2) is 22.7 Å². The van der Waals surface area contributed by atoms with Gasteiger partial charge in [0.2, 0.25) is 0 Å². The van der Waals surface area contributed by atoms with Gasteiger partial charge in [-0.3, -0.25) is 4.79 Å². The van der Waals surface area contributed by atoms with Gasteiger partial charge in [-0.1, -0.05) is 6.07 Å². The molecule has 11 heteroatoms. The summed E-state index contributed by atoms with van der Waals surface area (Å²) in [6.07, 6.45) is 2.33. The normalized spacial score (nSPS) is 17.6. The van der Waals surface area contributed by atoms with Crippen molar-refractivity contribution in [2.45, 2.75) is 30.1 Å². The molecule has 7 nitrogen and oxygen atoms in total. The Kier molecular flexibility index (Phi) is 6.48. The smallest absolute Gasteiger partial charge is 0.271 e. The Labute approximate surface area is 209 Å². The van der Waals surface area contributed by atoms with Crippen molar-refractivity contribution >= 4 is 29.1 Å². The van der Waals surface area contributed by atoms with E-state index in [2.05, 4.69) is 15.4 Å². The number of fused-ring (bicyclic) bond motifs is 1. The molecule has 0 bridgehead atoms. The summed E-state index contributed by atoms with van der Waals surface area (Å²) in [4.78, 5) is 19.7. The minimum absolute atomic E-state index is 0.0500. The Hall–Kier alpha value is -3.73. The quantitative estimate of drug-likeness (QED) is 0.365. The molecule has 0 radical (unpaired) electrons. The van der Waals surface area contributed by atoms with Crippen molar-refractivity contribution < 1.29 is 23.1 Å². The Balaban J connectivity index is 1.43. The van der Waals surface area contributed by atoms with Crippen molar-refractivity contribution in [2.24, 2.45) is 0 Å². The highest BCUT2D eigenvalue weighted by atomic mass is 32.2. The number of phenolic OH excluding ortho intramolecular Hbond substituents is 1. The van der Waals surface area contributed by atoms with Gasteiger partial charge in [0.15, 0.2) is 22.9 Å². The van der Waals surface area contributed by atoms with E-state index >= 15 is 0 Å². The van der Waals surface area contributed by atoms with E-state index in [9.17, 15) is 23.1 Å². The lowest BCUT2D eigenvalue weighted by Crippen LogP contribution is -2.27. The van der Waals surface area contributed by atoms with Crippen LogP contribution in [0.3, 0.4) is 0 Å². The number of nitrogens with zero attached hydrogens (tertiary/aromatic N) is 4. The number of aromatic nitrogens is 3. The zero-order valence-electron chi connectivity index (χ0n) is 19.2. The van der Waals surface area contributed by atoms with Gasteiger partial charge in [0, 0.05) is 17.9 Å². The maximum absolute atomic E-state index is 14.6. The van der Waals surface area contributed by atoms with Gasteiger partial charge < -0.3 is 15.3 Å². The molecule has 186 valence electrons. The number of nitrogens with one attached hydrogen (secondary N) is 1.